The third-order valence-electron chi connectivity index (χ3n) is 4.04. The number of primary sulfonamides is 1. The number of nitrogens with one attached hydrogen (secondary N) is 1. The Morgan fingerprint density at radius 1 is 1.07 bits per heavy atom. The van der Waals surface area contributed by atoms with Gasteiger partial charge in [0.15, 0.2) is 5.76 Å². The topological polar surface area (TPSA) is 112 Å². The molecule has 3 N–H and O–H groups in total. The summed E-state index contributed by atoms with van der Waals surface area (Å²) in [6.07, 6.45) is 0. The number of anilines is 1. The van der Waals surface area contributed by atoms with E-state index in [1.54, 1.807) is 12.1 Å². The monoisotopic (exact) mass is 400 g/mol. The lowest BCUT2D eigenvalue weighted by molar-refractivity contribution is 0.0992. The van der Waals surface area contributed by atoms with Crippen LogP contribution in [0.5, 0.6) is 5.75 Å². The van der Waals surface area contributed by atoms with Crippen LogP contribution in [0.25, 0.3) is 0 Å². The molecule has 3 aromatic rings. The van der Waals surface area contributed by atoms with Crippen molar-refractivity contribution < 1.29 is 22.4 Å². The maximum absolute atomic E-state index is 12.3. The fraction of sp³-hybridized carbons (Fsp3) is 0.150. The highest BCUT2D eigenvalue weighted by Crippen LogP contribution is 2.21. The van der Waals surface area contributed by atoms with Gasteiger partial charge in [-0.15, -0.1) is 0 Å². The Bertz CT molecular complexity index is 1100. The van der Waals surface area contributed by atoms with Crippen LogP contribution in [0.3, 0.4) is 0 Å². The zero-order valence-corrected chi connectivity index (χ0v) is 16.2. The minimum Gasteiger partial charge on any atom is -0.485 e. The molecule has 1 amide bonds. The Hall–Kier alpha value is -3.10. The second kappa shape index (κ2) is 7.87. The van der Waals surface area contributed by atoms with Gasteiger partial charge in [-0.05, 0) is 67.4 Å². The summed E-state index contributed by atoms with van der Waals surface area (Å²) >= 11 is 0. The van der Waals surface area contributed by atoms with Crippen molar-refractivity contribution in [1.82, 2.24) is 0 Å². The van der Waals surface area contributed by atoms with Crippen LogP contribution in [0.4, 0.5) is 5.69 Å². The van der Waals surface area contributed by atoms with Gasteiger partial charge in [0.05, 0.1) is 4.90 Å². The van der Waals surface area contributed by atoms with E-state index in [-0.39, 0.29) is 17.3 Å². The molecule has 2 aromatic carbocycles. The van der Waals surface area contributed by atoms with Crippen molar-refractivity contribution in [2.24, 2.45) is 5.14 Å². The molecular formula is C20H20N2O5S. The van der Waals surface area contributed by atoms with Gasteiger partial charge >= 0.3 is 0 Å². The molecule has 0 fully saturated rings. The van der Waals surface area contributed by atoms with Gasteiger partial charge in [0.1, 0.15) is 18.1 Å². The number of amides is 1. The molecule has 0 saturated carbocycles. The minimum absolute atomic E-state index is 0.0330. The molecule has 7 nitrogen and oxygen atoms in total. The van der Waals surface area contributed by atoms with Gasteiger partial charge in [-0.25, -0.2) is 13.6 Å². The van der Waals surface area contributed by atoms with Crippen molar-refractivity contribution in [3.05, 3.63) is 77.2 Å². The molecule has 3 rings (SSSR count). The number of benzene rings is 2. The molecule has 8 heteroatoms. The number of ether oxygens (including phenoxy) is 1. The molecule has 0 bridgehead atoms. The molecule has 0 spiro atoms. The summed E-state index contributed by atoms with van der Waals surface area (Å²) in [6, 6.07) is 14.7. The first-order valence-corrected chi connectivity index (χ1v) is 10.00. The molecule has 0 unspecified atom stereocenters. The standard InChI is InChI=1S/C20H20N2O5S/c1-13-3-4-14(2)19(11-13)26-12-16-7-10-18(27-16)20(23)22-15-5-8-17(9-6-15)28(21,24)25/h3-11H,12H2,1-2H3,(H,22,23)(H2,21,24,25). The summed E-state index contributed by atoms with van der Waals surface area (Å²) in [7, 11) is -3.78. The Balaban J connectivity index is 1.63. The highest BCUT2D eigenvalue weighted by atomic mass is 32.2. The Labute approximate surface area is 163 Å². The summed E-state index contributed by atoms with van der Waals surface area (Å²) < 4.78 is 33.8. The zero-order valence-electron chi connectivity index (χ0n) is 15.4. The van der Waals surface area contributed by atoms with Crippen molar-refractivity contribution in [2.75, 3.05) is 5.32 Å². The van der Waals surface area contributed by atoms with Crippen molar-refractivity contribution >= 4 is 21.6 Å². The van der Waals surface area contributed by atoms with Crippen LogP contribution in [0, 0.1) is 13.8 Å². The lowest BCUT2D eigenvalue weighted by atomic mass is 10.1. The largest absolute Gasteiger partial charge is 0.485 e. The third kappa shape index (κ3) is 4.79. The first-order chi connectivity index (χ1) is 13.2. The second-order valence-electron chi connectivity index (χ2n) is 6.35. The first-order valence-electron chi connectivity index (χ1n) is 8.45. The average molecular weight is 400 g/mol. The van der Waals surface area contributed by atoms with Gasteiger partial charge in [0, 0.05) is 5.69 Å². The van der Waals surface area contributed by atoms with E-state index in [0.717, 1.165) is 16.9 Å². The molecule has 1 aromatic heterocycles. The maximum Gasteiger partial charge on any atom is 0.291 e. The van der Waals surface area contributed by atoms with Crippen LogP contribution in [-0.4, -0.2) is 14.3 Å². The zero-order chi connectivity index (χ0) is 20.3. The van der Waals surface area contributed by atoms with E-state index in [4.69, 9.17) is 14.3 Å². The fourth-order valence-corrected chi connectivity index (χ4v) is 3.03. The van der Waals surface area contributed by atoms with E-state index < -0.39 is 15.9 Å². The Morgan fingerprint density at radius 2 is 1.79 bits per heavy atom. The number of hydrogen-bond donors (Lipinski definition) is 2. The Kier molecular flexibility index (Phi) is 5.53. The van der Waals surface area contributed by atoms with E-state index in [2.05, 4.69) is 5.32 Å². The highest BCUT2D eigenvalue weighted by Gasteiger charge is 2.13. The number of rotatable bonds is 6. The number of furan rings is 1. The number of nitrogens with two attached hydrogens (primary N) is 1. The molecule has 0 radical (unpaired) electrons. The molecule has 28 heavy (non-hydrogen) atoms. The molecule has 1 heterocycles. The normalized spacial score (nSPS) is 11.2. The quantitative estimate of drug-likeness (QED) is 0.659. The van der Waals surface area contributed by atoms with E-state index in [1.165, 1.54) is 24.3 Å². The summed E-state index contributed by atoms with van der Waals surface area (Å²) in [5.74, 6) is 0.935. The molecular weight excluding hydrogens is 380 g/mol. The van der Waals surface area contributed by atoms with E-state index >= 15 is 0 Å². The van der Waals surface area contributed by atoms with Crippen LogP contribution in [0.2, 0.25) is 0 Å². The maximum atomic E-state index is 12.3. The minimum atomic E-state index is -3.78. The number of aryl methyl sites for hydroxylation is 2. The van der Waals surface area contributed by atoms with Crippen LogP contribution < -0.4 is 15.2 Å². The van der Waals surface area contributed by atoms with Gasteiger partial charge in [0.25, 0.3) is 5.91 Å². The molecule has 0 aliphatic carbocycles. The van der Waals surface area contributed by atoms with Gasteiger partial charge in [-0.1, -0.05) is 12.1 Å². The average Bonchev–Trinajstić information content (AvgIpc) is 3.11. The summed E-state index contributed by atoms with van der Waals surface area (Å²) in [4.78, 5) is 12.3. The van der Waals surface area contributed by atoms with E-state index in [1.807, 2.05) is 32.0 Å². The van der Waals surface area contributed by atoms with Crippen LogP contribution in [0.15, 0.2) is 63.9 Å². The predicted octanol–water partition coefficient (Wildman–Crippen LogP) is 3.38. The molecule has 0 saturated heterocycles. The van der Waals surface area contributed by atoms with Crippen molar-refractivity contribution in [1.29, 1.82) is 0 Å². The van der Waals surface area contributed by atoms with Crippen LogP contribution >= 0.6 is 0 Å². The van der Waals surface area contributed by atoms with Gasteiger partial charge < -0.3 is 14.5 Å². The molecule has 0 aliphatic heterocycles. The second-order valence-corrected chi connectivity index (χ2v) is 7.91. The molecule has 146 valence electrons. The van der Waals surface area contributed by atoms with Gasteiger partial charge in [0.2, 0.25) is 10.0 Å². The van der Waals surface area contributed by atoms with Gasteiger partial charge in [-0.2, -0.15) is 0 Å². The van der Waals surface area contributed by atoms with Gasteiger partial charge in [-0.3, -0.25) is 4.79 Å². The fourth-order valence-electron chi connectivity index (χ4n) is 2.51. The molecule has 0 atom stereocenters. The third-order valence-corrected chi connectivity index (χ3v) is 4.97. The molecule has 0 aliphatic rings. The van der Waals surface area contributed by atoms with E-state index in [9.17, 15) is 13.2 Å². The van der Waals surface area contributed by atoms with E-state index in [0.29, 0.717) is 11.4 Å². The Morgan fingerprint density at radius 3 is 2.46 bits per heavy atom. The van der Waals surface area contributed by atoms with Crippen LogP contribution in [0.1, 0.15) is 27.4 Å². The number of sulfonamides is 1. The lowest BCUT2D eigenvalue weighted by Gasteiger charge is -2.08. The smallest absolute Gasteiger partial charge is 0.291 e. The summed E-state index contributed by atoms with van der Waals surface area (Å²) in [6.45, 7) is 4.13. The van der Waals surface area contributed by atoms with Crippen molar-refractivity contribution in [2.45, 2.75) is 25.3 Å². The highest BCUT2D eigenvalue weighted by molar-refractivity contribution is 7.89. The predicted molar refractivity (Wildman–Crippen MR) is 105 cm³/mol. The first kappa shape index (κ1) is 19.7. The van der Waals surface area contributed by atoms with Crippen molar-refractivity contribution in [3.8, 4) is 5.75 Å². The number of carbonyl (C=O) groups excluding carboxylic acids is 1. The van der Waals surface area contributed by atoms with Crippen molar-refractivity contribution in [3.63, 3.8) is 0 Å². The number of hydrogen-bond acceptors (Lipinski definition) is 5. The SMILES string of the molecule is Cc1ccc(C)c(OCc2ccc(C(=O)Nc3ccc(S(N)(=O)=O)cc3)o2)c1. The van der Waals surface area contributed by atoms with Crippen LogP contribution in [-0.2, 0) is 16.6 Å². The lowest BCUT2D eigenvalue weighted by Crippen LogP contribution is -2.13. The summed E-state index contributed by atoms with van der Waals surface area (Å²) in [5.41, 5.74) is 2.52. The summed E-state index contributed by atoms with van der Waals surface area (Å²) in [5, 5.41) is 7.68. The number of carbonyl (C=O) groups is 1.